The fourth-order valence-electron chi connectivity index (χ4n) is 3.64. The van der Waals surface area contributed by atoms with Crippen molar-refractivity contribution in [1.29, 1.82) is 0 Å². The molecule has 9 heteroatoms. The average molecular weight is 375 g/mol. The maximum absolute atomic E-state index is 13.0. The first-order chi connectivity index (χ1) is 12.4. The van der Waals surface area contributed by atoms with Crippen molar-refractivity contribution in [2.45, 2.75) is 25.2 Å². The number of hydrogen-bond donors (Lipinski definition) is 0. The number of ketones is 1. The van der Waals surface area contributed by atoms with E-state index in [9.17, 15) is 25.0 Å². The van der Waals surface area contributed by atoms with Crippen LogP contribution in [0.15, 0.2) is 24.3 Å². The van der Waals surface area contributed by atoms with Crippen molar-refractivity contribution in [3.05, 3.63) is 66.2 Å². The number of ether oxygens (including phenoxy) is 1. The SMILES string of the molecule is O=C1c2cc([N+](=O)[O-])ccc2Oc2cc([N+](=O)[O-])c(Cl)c3c2C1CCC3. The molecule has 0 saturated heterocycles. The van der Waals surface area contributed by atoms with E-state index in [-0.39, 0.29) is 39.2 Å². The number of hydrogen-bond acceptors (Lipinski definition) is 6. The van der Waals surface area contributed by atoms with Crippen molar-refractivity contribution < 1.29 is 19.4 Å². The van der Waals surface area contributed by atoms with Gasteiger partial charge in [-0.1, -0.05) is 11.6 Å². The molecule has 26 heavy (non-hydrogen) atoms. The molecule has 1 atom stereocenters. The molecule has 2 aromatic rings. The number of halogens is 1. The molecule has 2 aliphatic rings. The van der Waals surface area contributed by atoms with Gasteiger partial charge in [0.15, 0.2) is 5.78 Å². The minimum Gasteiger partial charge on any atom is -0.456 e. The Labute approximate surface area is 151 Å². The normalized spacial score (nSPS) is 17.6. The van der Waals surface area contributed by atoms with Gasteiger partial charge in [0.1, 0.15) is 16.5 Å². The topological polar surface area (TPSA) is 113 Å². The third kappa shape index (κ3) is 2.33. The Bertz CT molecular complexity index is 1000. The van der Waals surface area contributed by atoms with Crippen LogP contribution in [0, 0.1) is 20.2 Å². The van der Waals surface area contributed by atoms with Crippen LogP contribution in [0.2, 0.25) is 5.02 Å². The van der Waals surface area contributed by atoms with Gasteiger partial charge in [0.05, 0.1) is 27.4 Å². The summed E-state index contributed by atoms with van der Waals surface area (Å²) in [5, 5.41) is 22.4. The molecule has 1 aliphatic carbocycles. The molecule has 1 heterocycles. The van der Waals surface area contributed by atoms with Gasteiger partial charge in [-0.3, -0.25) is 25.0 Å². The molecule has 1 aliphatic heterocycles. The zero-order valence-corrected chi connectivity index (χ0v) is 14.0. The standard InChI is InChI=1S/C17H11ClN2O6/c18-16-9-2-1-3-10-15(9)14(7-12(16)20(24)25)26-13-5-4-8(19(22)23)6-11(13)17(10)21/h4-7,10H,1-3H2. The van der Waals surface area contributed by atoms with E-state index in [1.54, 1.807) is 0 Å². The van der Waals surface area contributed by atoms with Gasteiger partial charge in [0.2, 0.25) is 0 Å². The van der Waals surface area contributed by atoms with Crippen LogP contribution in [0.4, 0.5) is 11.4 Å². The second kappa shape index (κ2) is 5.77. The van der Waals surface area contributed by atoms with Crippen LogP contribution in [-0.4, -0.2) is 15.6 Å². The molecule has 0 aromatic heterocycles. The van der Waals surface area contributed by atoms with Gasteiger partial charge in [-0.15, -0.1) is 0 Å². The Kier molecular flexibility index (Phi) is 3.66. The van der Waals surface area contributed by atoms with E-state index in [4.69, 9.17) is 16.3 Å². The van der Waals surface area contributed by atoms with Gasteiger partial charge < -0.3 is 4.74 Å². The maximum Gasteiger partial charge on any atom is 0.291 e. The summed E-state index contributed by atoms with van der Waals surface area (Å²) in [6.45, 7) is 0. The lowest BCUT2D eigenvalue weighted by Gasteiger charge is -2.25. The van der Waals surface area contributed by atoms with Crippen molar-refractivity contribution in [2.24, 2.45) is 0 Å². The first-order valence-electron chi connectivity index (χ1n) is 7.88. The number of nitro benzene ring substituents is 2. The molecule has 0 radical (unpaired) electrons. The van der Waals surface area contributed by atoms with Crippen molar-refractivity contribution >= 4 is 28.8 Å². The lowest BCUT2D eigenvalue weighted by atomic mass is 9.78. The summed E-state index contributed by atoms with van der Waals surface area (Å²) in [5.74, 6) is -0.529. The molecule has 0 saturated carbocycles. The minimum atomic E-state index is -0.588. The Hall–Kier alpha value is -3.00. The number of non-ortho nitro benzene ring substituents is 1. The first kappa shape index (κ1) is 16.5. The van der Waals surface area contributed by atoms with E-state index in [0.29, 0.717) is 30.4 Å². The number of nitrogens with zero attached hydrogens (tertiary/aromatic N) is 2. The van der Waals surface area contributed by atoms with Crippen LogP contribution in [0.1, 0.15) is 40.2 Å². The van der Waals surface area contributed by atoms with Crippen LogP contribution in [0.3, 0.4) is 0 Å². The highest BCUT2D eigenvalue weighted by atomic mass is 35.5. The Morgan fingerprint density at radius 3 is 2.58 bits per heavy atom. The zero-order valence-electron chi connectivity index (χ0n) is 13.2. The lowest BCUT2D eigenvalue weighted by Crippen LogP contribution is -2.18. The van der Waals surface area contributed by atoms with E-state index < -0.39 is 15.8 Å². The van der Waals surface area contributed by atoms with Crippen LogP contribution in [0.5, 0.6) is 11.5 Å². The van der Waals surface area contributed by atoms with Crippen molar-refractivity contribution in [3.8, 4) is 11.5 Å². The largest absolute Gasteiger partial charge is 0.456 e. The molecular weight excluding hydrogens is 364 g/mol. The highest BCUT2D eigenvalue weighted by Crippen LogP contribution is 2.50. The molecular formula is C17H11ClN2O6. The number of carbonyl (C=O) groups excluding carboxylic acids is 1. The number of benzene rings is 2. The third-order valence-electron chi connectivity index (χ3n) is 4.79. The summed E-state index contributed by atoms with van der Waals surface area (Å²) < 4.78 is 5.79. The van der Waals surface area contributed by atoms with E-state index in [1.807, 2.05) is 0 Å². The molecule has 0 fully saturated rings. The van der Waals surface area contributed by atoms with Gasteiger partial charge in [0, 0.05) is 17.7 Å². The molecule has 132 valence electrons. The summed E-state index contributed by atoms with van der Waals surface area (Å²) in [6, 6.07) is 4.99. The van der Waals surface area contributed by atoms with Crippen LogP contribution in [0.25, 0.3) is 0 Å². The van der Waals surface area contributed by atoms with Gasteiger partial charge >= 0.3 is 0 Å². The molecule has 2 aromatic carbocycles. The average Bonchev–Trinajstić information content (AvgIpc) is 2.73. The highest BCUT2D eigenvalue weighted by molar-refractivity contribution is 6.33. The summed E-state index contributed by atoms with van der Waals surface area (Å²) in [6.07, 6.45) is 1.67. The predicted octanol–water partition coefficient (Wildman–Crippen LogP) is 4.56. The van der Waals surface area contributed by atoms with Gasteiger partial charge in [-0.05, 0) is 30.9 Å². The summed E-state index contributed by atoms with van der Waals surface area (Å²) >= 11 is 6.22. The number of nitro groups is 2. The maximum atomic E-state index is 13.0. The number of Topliss-reactive ketones (excluding diaryl/α,β-unsaturated/α-hetero) is 1. The molecule has 1 unspecified atom stereocenters. The summed E-state index contributed by atoms with van der Waals surface area (Å²) in [7, 11) is 0. The Balaban J connectivity index is 1.98. The number of rotatable bonds is 2. The van der Waals surface area contributed by atoms with Crippen LogP contribution < -0.4 is 4.74 Å². The fraction of sp³-hybridized carbons (Fsp3) is 0.235. The van der Waals surface area contributed by atoms with Gasteiger partial charge in [-0.2, -0.15) is 0 Å². The molecule has 0 bridgehead atoms. The lowest BCUT2D eigenvalue weighted by molar-refractivity contribution is -0.385. The monoisotopic (exact) mass is 374 g/mol. The zero-order chi connectivity index (χ0) is 18.6. The third-order valence-corrected chi connectivity index (χ3v) is 5.21. The Morgan fingerprint density at radius 2 is 1.88 bits per heavy atom. The number of fused-ring (bicyclic) bond motifs is 1. The molecule has 8 nitrogen and oxygen atoms in total. The summed E-state index contributed by atoms with van der Waals surface area (Å²) in [5.41, 5.74) is 0.705. The first-order valence-corrected chi connectivity index (χ1v) is 8.26. The molecule has 0 amide bonds. The summed E-state index contributed by atoms with van der Waals surface area (Å²) in [4.78, 5) is 34.2. The minimum absolute atomic E-state index is 0.0202. The smallest absolute Gasteiger partial charge is 0.291 e. The van der Waals surface area contributed by atoms with Crippen molar-refractivity contribution in [3.63, 3.8) is 0 Å². The van der Waals surface area contributed by atoms with E-state index in [0.717, 1.165) is 0 Å². The van der Waals surface area contributed by atoms with Gasteiger partial charge in [0.25, 0.3) is 11.4 Å². The quantitative estimate of drug-likeness (QED) is 0.562. The second-order valence-corrected chi connectivity index (χ2v) is 6.58. The van der Waals surface area contributed by atoms with E-state index in [1.165, 1.54) is 24.3 Å². The second-order valence-electron chi connectivity index (χ2n) is 6.21. The van der Waals surface area contributed by atoms with Crippen molar-refractivity contribution in [1.82, 2.24) is 0 Å². The molecule has 0 spiro atoms. The number of carbonyl (C=O) groups is 1. The van der Waals surface area contributed by atoms with E-state index >= 15 is 0 Å². The van der Waals surface area contributed by atoms with Crippen molar-refractivity contribution in [2.75, 3.05) is 0 Å². The Morgan fingerprint density at radius 1 is 1.12 bits per heavy atom. The molecule has 0 N–H and O–H groups in total. The fourth-order valence-corrected chi connectivity index (χ4v) is 3.96. The van der Waals surface area contributed by atoms with Crippen LogP contribution in [-0.2, 0) is 6.42 Å². The predicted molar refractivity (Wildman–Crippen MR) is 91.3 cm³/mol. The van der Waals surface area contributed by atoms with E-state index in [2.05, 4.69) is 0 Å². The van der Waals surface area contributed by atoms with Crippen LogP contribution >= 0.6 is 11.6 Å². The van der Waals surface area contributed by atoms with Gasteiger partial charge in [-0.25, -0.2) is 0 Å². The molecule has 4 rings (SSSR count). The highest BCUT2D eigenvalue weighted by Gasteiger charge is 2.38.